The first-order valence-corrected chi connectivity index (χ1v) is 5.13. The summed E-state index contributed by atoms with van der Waals surface area (Å²) in [5, 5.41) is 12.1. The highest BCUT2D eigenvalue weighted by Gasteiger charge is 2.39. The monoisotopic (exact) mass is 226 g/mol. The molecule has 0 spiro atoms. The van der Waals surface area contributed by atoms with Crippen molar-refractivity contribution < 1.29 is 9.91 Å². The fourth-order valence-corrected chi connectivity index (χ4v) is 2.11. The quantitative estimate of drug-likeness (QED) is 0.657. The summed E-state index contributed by atoms with van der Waals surface area (Å²) in [5.74, 6) is -0.0968. The molecule has 0 saturated heterocycles. The zero-order valence-corrected chi connectivity index (χ0v) is 8.53. The molecule has 0 aromatic heterocycles. The average molecular weight is 226 g/mol. The first kappa shape index (κ1) is 8.71. The zero-order valence-electron chi connectivity index (χ0n) is 8.53. The van der Waals surface area contributed by atoms with E-state index in [0.717, 1.165) is 5.56 Å². The number of hydrogen-bond donors (Lipinski definition) is 1. The second-order valence-corrected chi connectivity index (χ2v) is 3.85. The SMILES string of the molecule is O=C1C2=NC3N=N[N-][NH+]3N=C2c2ccccc21. The number of fused-ring (bicyclic) bond motifs is 4. The predicted octanol–water partition coefficient (Wildman–Crippen LogP) is -0.120. The number of hydrogen-bond acceptors (Lipinski definition) is 5. The molecule has 0 radical (unpaired) electrons. The van der Waals surface area contributed by atoms with Gasteiger partial charge in [0.05, 0.1) is 0 Å². The highest BCUT2D eigenvalue weighted by Crippen LogP contribution is 2.22. The van der Waals surface area contributed by atoms with Crippen molar-refractivity contribution in [2.75, 3.05) is 0 Å². The van der Waals surface area contributed by atoms with Crippen LogP contribution in [0.2, 0.25) is 0 Å². The highest BCUT2D eigenvalue weighted by atomic mass is 16.1. The first-order chi connectivity index (χ1) is 8.34. The number of carbonyl (C=O) groups is 1. The number of benzene rings is 1. The van der Waals surface area contributed by atoms with Crippen molar-refractivity contribution in [3.8, 4) is 0 Å². The molecule has 1 aromatic rings. The lowest BCUT2D eigenvalue weighted by atomic mass is 10.1. The van der Waals surface area contributed by atoms with Crippen LogP contribution in [-0.2, 0) is 0 Å². The van der Waals surface area contributed by atoms with E-state index in [9.17, 15) is 4.79 Å². The molecule has 4 rings (SSSR count). The number of nitrogens with one attached hydrogen (secondary N) is 1. The van der Waals surface area contributed by atoms with Crippen LogP contribution in [0.15, 0.2) is 44.7 Å². The molecular formula is C10H6N6O. The first-order valence-electron chi connectivity index (χ1n) is 5.13. The van der Waals surface area contributed by atoms with Crippen molar-refractivity contribution in [2.24, 2.45) is 20.4 Å². The second-order valence-electron chi connectivity index (χ2n) is 3.85. The maximum absolute atomic E-state index is 12.1. The van der Waals surface area contributed by atoms with Crippen molar-refractivity contribution >= 4 is 17.2 Å². The number of carbonyl (C=O) groups excluding carboxylic acids is 1. The molecule has 3 aliphatic rings. The van der Waals surface area contributed by atoms with E-state index in [1.54, 1.807) is 6.07 Å². The Balaban J connectivity index is 1.95. The largest absolute Gasteiger partial charge is 0.297 e. The summed E-state index contributed by atoms with van der Waals surface area (Å²) in [4.78, 5) is 16.3. The van der Waals surface area contributed by atoms with Crippen molar-refractivity contribution in [3.05, 3.63) is 40.9 Å². The van der Waals surface area contributed by atoms with E-state index in [4.69, 9.17) is 0 Å². The fourth-order valence-electron chi connectivity index (χ4n) is 2.11. The number of ketones is 1. The van der Waals surface area contributed by atoms with Gasteiger partial charge in [0.25, 0.3) is 0 Å². The third-order valence-electron chi connectivity index (χ3n) is 2.88. The zero-order chi connectivity index (χ0) is 11.4. The minimum atomic E-state index is -0.535. The van der Waals surface area contributed by atoms with E-state index >= 15 is 0 Å². The summed E-state index contributed by atoms with van der Waals surface area (Å²) in [6, 6.07) is 7.33. The molecule has 1 aromatic carbocycles. The maximum Gasteiger partial charge on any atom is 0.247 e. The second kappa shape index (κ2) is 2.83. The molecule has 0 amide bonds. The number of Topliss-reactive ketones (excluding diaryl/α,β-unsaturated/α-hetero) is 1. The van der Waals surface area contributed by atoms with E-state index < -0.39 is 6.29 Å². The van der Waals surface area contributed by atoms with Gasteiger partial charge in [-0.3, -0.25) is 9.91 Å². The molecule has 2 atom stereocenters. The summed E-state index contributed by atoms with van der Waals surface area (Å²) in [5.41, 5.74) is 6.20. The molecular weight excluding hydrogens is 220 g/mol. The molecule has 2 unspecified atom stereocenters. The van der Waals surface area contributed by atoms with Gasteiger partial charge in [-0.05, 0) is 0 Å². The molecule has 1 N–H and O–H groups in total. The minimum absolute atomic E-state index is 0.0968. The molecule has 7 heteroatoms. The van der Waals surface area contributed by atoms with Crippen LogP contribution in [0.4, 0.5) is 0 Å². The Morgan fingerprint density at radius 1 is 1.18 bits per heavy atom. The van der Waals surface area contributed by atoms with Crippen LogP contribution in [0.25, 0.3) is 5.53 Å². The van der Waals surface area contributed by atoms with Crippen LogP contribution in [0, 0.1) is 0 Å². The van der Waals surface area contributed by atoms with Gasteiger partial charge in [0, 0.05) is 11.1 Å². The van der Waals surface area contributed by atoms with E-state index in [2.05, 4.69) is 26.0 Å². The number of quaternary nitrogens is 1. The Hall–Kier alpha value is -2.41. The third kappa shape index (κ3) is 1.01. The topological polar surface area (TPSA) is 85.0 Å². The highest BCUT2D eigenvalue weighted by molar-refractivity contribution is 6.78. The summed E-state index contributed by atoms with van der Waals surface area (Å²) >= 11 is 0. The van der Waals surface area contributed by atoms with Gasteiger partial charge in [-0.1, -0.05) is 29.4 Å². The van der Waals surface area contributed by atoms with E-state index in [1.807, 2.05) is 18.2 Å². The molecule has 2 heterocycles. The van der Waals surface area contributed by atoms with Crippen molar-refractivity contribution in [3.63, 3.8) is 0 Å². The molecule has 0 saturated carbocycles. The van der Waals surface area contributed by atoms with Crippen molar-refractivity contribution in [1.82, 2.24) is 0 Å². The van der Waals surface area contributed by atoms with Crippen LogP contribution in [0.1, 0.15) is 15.9 Å². The van der Waals surface area contributed by atoms with Crippen LogP contribution >= 0.6 is 0 Å². The average Bonchev–Trinajstić information content (AvgIpc) is 2.92. The lowest BCUT2D eigenvalue weighted by molar-refractivity contribution is -0.888. The van der Waals surface area contributed by atoms with Crippen LogP contribution in [0.5, 0.6) is 0 Å². The molecule has 0 bridgehead atoms. The van der Waals surface area contributed by atoms with E-state index in [-0.39, 0.29) is 5.78 Å². The lowest BCUT2D eigenvalue weighted by Crippen LogP contribution is -3.06. The van der Waals surface area contributed by atoms with Crippen LogP contribution in [0.3, 0.4) is 0 Å². The molecule has 1 aliphatic carbocycles. The maximum atomic E-state index is 12.1. The minimum Gasteiger partial charge on any atom is -0.297 e. The summed E-state index contributed by atoms with van der Waals surface area (Å²) in [7, 11) is 0. The van der Waals surface area contributed by atoms with Gasteiger partial charge in [0.1, 0.15) is 5.71 Å². The normalized spacial score (nSPS) is 27.9. The lowest BCUT2D eigenvalue weighted by Gasteiger charge is -2.18. The Labute approximate surface area is 95.5 Å². The Bertz CT molecular complexity index is 631. The summed E-state index contributed by atoms with van der Waals surface area (Å²) in [6.07, 6.45) is -0.535. The van der Waals surface area contributed by atoms with Gasteiger partial charge in [-0.25, -0.2) is 10.2 Å². The van der Waals surface area contributed by atoms with Gasteiger partial charge in [0.2, 0.25) is 12.1 Å². The molecule has 7 nitrogen and oxygen atoms in total. The van der Waals surface area contributed by atoms with E-state index in [1.165, 1.54) is 0 Å². The van der Waals surface area contributed by atoms with Crippen molar-refractivity contribution in [2.45, 2.75) is 6.29 Å². The molecule has 82 valence electrons. The summed E-state index contributed by atoms with van der Waals surface area (Å²) in [6.45, 7) is 0. The Morgan fingerprint density at radius 3 is 2.88 bits per heavy atom. The van der Waals surface area contributed by atoms with Crippen molar-refractivity contribution in [1.29, 1.82) is 0 Å². The smallest absolute Gasteiger partial charge is 0.247 e. The molecule has 17 heavy (non-hydrogen) atoms. The molecule has 0 fully saturated rings. The number of aliphatic imine (C=N–C) groups is 1. The van der Waals surface area contributed by atoms with E-state index in [0.29, 0.717) is 22.1 Å². The van der Waals surface area contributed by atoms with Crippen LogP contribution in [-0.4, -0.2) is 23.5 Å². The Kier molecular flexibility index (Phi) is 1.45. The molecule has 2 aliphatic heterocycles. The van der Waals surface area contributed by atoms with Crippen LogP contribution < -0.4 is 5.12 Å². The van der Waals surface area contributed by atoms with Gasteiger partial charge < -0.3 is 0 Å². The predicted molar refractivity (Wildman–Crippen MR) is 57.7 cm³/mol. The van der Waals surface area contributed by atoms with Gasteiger partial charge >= 0.3 is 0 Å². The Morgan fingerprint density at radius 2 is 2.00 bits per heavy atom. The van der Waals surface area contributed by atoms with Gasteiger partial charge in [-0.15, -0.1) is 5.12 Å². The summed E-state index contributed by atoms with van der Waals surface area (Å²) < 4.78 is 0. The van der Waals surface area contributed by atoms with Gasteiger partial charge in [-0.2, -0.15) is 5.53 Å². The van der Waals surface area contributed by atoms with Gasteiger partial charge in [0.15, 0.2) is 5.71 Å². The number of rotatable bonds is 0. The third-order valence-corrected chi connectivity index (χ3v) is 2.88. The standard InChI is InChI=1S/C10H6N6O/c17-9-6-4-2-1-3-5(6)7-8(9)11-10-12-14-15-16(10)13-7/h1-4,10,16H. The number of nitrogens with zero attached hydrogens (tertiary/aromatic N) is 5. The fraction of sp³-hybridized carbons (Fsp3) is 0.100.